The van der Waals surface area contributed by atoms with Gasteiger partial charge in [-0.3, -0.25) is 13.9 Å². The fourth-order valence-electron chi connectivity index (χ4n) is 4.63. The lowest BCUT2D eigenvalue weighted by molar-refractivity contribution is -0.140. The first-order chi connectivity index (χ1) is 18.8. The number of hydrogen-bond donors (Lipinski definition) is 1. The first-order valence-corrected chi connectivity index (χ1v) is 15.1. The average molecular weight is 564 g/mol. The highest BCUT2D eigenvalue weighted by Crippen LogP contribution is 2.28. The molecule has 2 amide bonds. The van der Waals surface area contributed by atoms with Crippen molar-refractivity contribution in [1.82, 2.24) is 10.2 Å². The molecule has 0 saturated heterocycles. The van der Waals surface area contributed by atoms with Crippen LogP contribution in [-0.2, 0) is 26.2 Å². The third-order valence-electron chi connectivity index (χ3n) is 6.80. The molecule has 0 saturated carbocycles. The summed E-state index contributed by atoms with van der Waals surface area (Å²) < 4.78 is 29.2. The number of benzene rings is 3. The van der Waals surface area contributed by atoms with Gasteiger partial charge in [-0.1, -0.05) is 72.1 Å². The zero-order valence-electron chi connectivity index (χ0n) is 24.6. The average Bonchev–Trinajstić information content (AvgIpc) is 2.88. The summed E-state index contributed by atoms with van der Waals surface area (Å²) in [6.07, 6.45) is 0.379. The number of sulfonamides is 1. The highest BCUT2D eigenvalue weighted by molar-refractivity contribution is 7.92. The molecule has 0 radical (unpaired) electrons. The van der Waals surface area contributed by atoms with Gasteiger partial charge in [0.2, 0.25) is 11.8 Å². The Kier molecular flexibility index (Phi) is 10.1. The molecule has 0 bridgehead atoms. The predicted molar refractivity (Wildman–Crippen MR) is 161 cm³/mol. The van der Waals surface area contributed by atoms with Crippen molar-refractivity contribution in [3.05, 3.63) is 94.5 Å². The highest BCUT2D eigenvalue weighted by atomic mass is 32.2. The minimum atomic E-state index is -4.10. The van der Waals surface area contributed by atoms with Gasteiger partial charge in [0.1, 0.15) is 12.6 Å². The van der Waals surface area contributed by atoms with Crippen molar-refractivity contribution in [2.75, 3.05) is 10.8 Å². The molecule has 0 heterocycles. The van der Waals surface area contributed by atoms with E-state index in [1.807, 2.05) is 84.9 Å². The summed E-state index contributed by atoms with van der Waals surface area (Å²) in [6, 6.07) is 18.9. The Bertz CT molecular complexity index is 1430. The third-order valence-corrected chi connectivity index (χ3v) is 8.57. The zero-order chi connectivity index (χ0) is 29.6. The molecule has 3 aromatic carbocycles. The number of rotatable bonds is 11. The summed E-state index contributed by atoms with van der Waals surface area (Å²) in [5, 5.41) is 2.92. The second-order valence-electron chi connectivity index (χ2n) is 10.7. The second kappa shape index (κ2) is 13.1. The van der Waals surface area contributed by atoms with E-state index in [0.29, 0.717) is 12.1 Å². The summed E-state index contributed by atoms with van der Waals surface area (Å²) in [5.41, 5.74) is 5.01. The van der Waals surface area contributed by atoms with Crippen LogP contribution in [0.15, 0.2) is 71.6 Å². The zero-order valence-corrected chi connectivity index (χ0v) is 25.4. The van der Waals surface area contributed by atoms with Crippen LogP contribution in [0.25, 0.3) is 0 Å². The minimum absolute atomic E-state index is 0.0977. The Morgan fingerprint density at radius 2 is 1.38 bits per heavy atom. The van der Waals surface area contributed by atoms with Gasteiger partial charge in [-0.05, 0) is 77.3 Å². The van der Waals surface area contributed by atoms with Crippen molar-refractivity contribution in [3.8, 4) is 0 Å². The Balaban J connectivity index is 2.09. The minimum Gasteiger partial charge on any atom is -0.352 e. The van der Waals surface area contributed by atoms with Gasteiger partial charge in [0, 0.05) is 12.6 Å². The van der Waals surface area contributed by atoms with E-state index < -0.39 is 28.5 Å². The van der Waals surface area contributed by atoms with Crippen molar-refractivity contribution >= 4 is 27.5 Å². The molecule has 1 unspecified atom stereocenters. The standard InChI is InChI=1S/C32H41N3O4S/c1-8-29(32(37)33-22(2)3)34(20-27-14-9-23(4)10-15-27)31(36)21-35(30-18-13-25(6)19-26(30)7)40(38,39)28-16-11-24(5)12-17-28/h9-19,22,29H,8,20-21H2,1-7H3,(H,33,37). The fraction of sp³-hybridized carbons (Fsp3) is 0.375. The number of carbonyl (C=O) groups excluding carboxylic acids is 2. The third kappa shape index (κ3) is 7.50. The van der Waals surface area contributed by atoms with Crippen LogP contribution in [0.5, 0.6) is 0 Å². The van der Waals surface area contributed by atoms with E-state index >= 15 is 0 Å². The van der Waals surface area contributed by atoms with E-state index in [0.717, 1.165) is 27.8 Å². The Morgan fingerprint density at radius 1 is 0.825 bits per heavy atom. The number of amides is 2. The van der Waals surface area contributed by atoms with Crippen LogP contribution in [0, 0.1) is 27.7 Å². The maximum Gasteiger partial charge on any atom is 0.264 e. The predicted octanol–water partition coefficient (Wildman–Crippen LogP) is 5.45. The molecule has 40 heavy (non-hydrogen) atoms. The van der Waals surface area contributed by atoms with E-state index in [-0.39, 0.29) is 23.4 Å². The summed E-state index contributed by atoms with van der Waals surface area (Å²) in [6.45, 7) is 13.0. The summed E-state index contributed by atoms with van der Waals surface area (Å²) in [7, 11) is -4.10. The Morgan fingerprint density at radius 3 is 1.90 bits per heavy atom. The lowest BCUT2D eigenvalue weighted by Crippen LogP contribution is -2.53. The van der Waals surface area contributed by atoms with Crippen LogP contribution in [0.3, 0.4) is 0 Å². The summed E-state index contributed by atoms with van der Waals surface area (Å²) >= 11 is 0. The molecule has 0 aliphatic carbocycles. The number of nitrogens with one attached hydrogen (secondary N) is 1. The number of aryl methyl sites for hydroxylation is 4. The van der Waals surface area contributed by atoms with Gasteiger partial charge < -0.3 is 10.2 Å². The normalized spacial score (nSPS) is 12.2. The molecule has 3 rings (SSSR count). The lowest BCUT2D eigenvalue weighted by atomic mass is 10.1. The highest BCUT2D eigenvalue weighted by Gasteiger charge is 2.34. The number of nitrogens with zero attached hydrogens (tertiary/aromatic N) is 2. The molecule has 3 aromatic rings. The first-order valence-electron chi connectivity index (χ1n) is 13.7. The second-order valence-corrected chi connectivity index (χ2v) is 12.6. The van der Waals surface area contributed by atoms with Gasteiger partial charge >= 0.3 is 0 Å². The van der Waals surface area contributed by atoms with E-state index in [4.69, 9.17) is 0 Å². The van der Waals surface area contributed by atoms with Crippen molar-refractivity contribution in [3.63, 3.8) is 0 Å². The van der Waals surface area contributed by atoms with Gasteiger partial charge in [0.05, 0.1) is 10.6 Å². The molecule has 0 aliphatic rings. The Hall–Kier alpha value is -3.65. The van der Waals surface area contributed by atoms with Crippen LogP contribution in [-0.4, -0.2) is 43.8 Å². The van der Waals surface area contributed by atoms with E-state index in [2.05, 4.69) is 5.32 Å². The smallest absolute Gasteiger partial charge is 0.264 e. The molecular weight excluding hydrogens is 522 g/mol. The van der Waals surface area contributed by atoms with Gasteiger partial charge in [0.25, 0.3) is 10.0 Å². The number of hydrogen-bond acceptors (Lipinski definition) is 4. The molecular formula is C32H41N3O4S. The van der Waals surface area contributed by atoms with E-state index in [1.54, 1.807) is 30.3 Å². The molecule has 214 valence electrons. The van der Waals surface area contributed by atoms with Crippen molar-refractivity contribution < 1.29 is 18.0 Å². The van der Waals surface area contributed by atoms with Gasteiger partial charge in [0.15, 0.2) is 0 Å². The number of anilines is 1. The van der Waals surface area contributed by atoms with Crippen LogP contribution in [0.1, 0.15) is 55.0 Å². The van der Waals surface area contributed by atoms with Crippen LogP contribution >= 0.6 is 0 Å². The molecule has 8 heteroatoms. The quantitative estimate of drug-likeness (QED) is 0.336. The van der Waals surface area contributed by atoms with Crippen molar-refractivity contribution in [2.45, 2.75) is 78.4 Å². The summed E-state index contributed by atoms with van der Waals surface area (Å²) in [5.74, 6) is -0.723. The van der Waals surface area contributed by atoms with Crippen LogP contribution < -0.4 is 9.62 Å². The van der Waals surface area contributed by atoms with Gasteiger partial charge in [-0.15, -0.1) is 0 Å². The molecule has 1 atom stereocenters. The summed E-state index contributed by atoms with van der Waals surface area (Å²) in [4.78, 5) is 29.0. The van der Waals surface area contributed by atoms with Crippen LogP contribution in [0.2, 0.25) is 0 Å². The monoisotopic (exact) mass is 563 g/mol. The van der Waals surface area contributed by atoms with E-state index in [1.165, 1.54) is 9.21 Å². The molecule has 0 spiro atoms. The molecule has 1 N–H and O–H groups in total. The van der Waals surface area contributed by atoms with Crippen LogP contribution in [0.4, 0.5) is 5.69 Å². The first kappa shape index (κ1) is 30.9. The van der Waals surface area contributed by atoms with Gasteiger partial charge in [-0.25, -0.2) is 8.42 Å². The molecule has 0 fully saturated rings. The van der Waals surface area contributed by atoms with Crippen molar-refractivity contribution in [1.29, 1.82) is 0 Å². The lowest BCUT2D eigenvalue weighted by Gasteiger charge is -2.34. The maximum absolute atomic E-state index is 14.1. The molecule has 7 nitrogen and oxygen atoms in total. The van der Waals surface area contributed by atoms with Gasteiger partial charge in [-0.2, -0.15) is 0 Å². The topological polar surface area (TPSA) is 86.8 Å². The SMILES string of the molecule is CCC(C(=O)NC(C)C)N(Cc1ccc(C)cc1)C(=O)CN(c1ccc(C)cc1C)S(=O)(=O)c1ccc(C)cc1. The van der Waals surface area contributed by atoms with Crippen molar-refractivity contribution in [2.24, 2.45) is 0 Å². The maximum atomic E-state index is 14.1. The van der Waals surface area contributed by atoms with E-state index in [9.17, 15) is 18.0 Å². The molecule has 0 aliphatic heterocycles. The largest absolute Gasteiger partial charge is 0.352 e. The Labute approximate surface area is 239 Å². The number of carbonyl (C=O) groups is 2. The molecule has 0 aromatic heterocycles. The fourth-order valence-corrected chi connectivity index (χ4v) is 6.11.